The fraction of sp³-hybridized carbons (Fsp3) is 0.769. The highest BCUT2D eigenvalue weighted by molar-refractivity contribution is 5.78. The second-order valence-corrected chi connectivity index (χ2v) is 5.37. The van der Waals surface area contributed by atoms with Gasteiger partial charge in [-0.1, -0.05) is 6.08 Å². The molecule has 0 aromatic carbocycles. The highest BCUT2D eigenvalue weighted by Crippen LogP contribution is 2.60. The van der Waals surface area contributed by atoms with Crippen molar-refractivity contribution in [2.24, 2.45) is 0 Å². The number of rotatable bonds is 10. The van der Waals surface area contributed by atoms with Crippen molar-refractivity contribution in [2.75, 3.05) is 0 Å². The van der Waals surface area contributed by atoms with E-state index < -0.39 is 60.8 Å². The quantitative estimate of drug-likeness (QED) is 0.305. The summed E-state index contributed by atoms with van der Waals surface area (Å²) in [5.74, 6) is -38.2. The molecule has 0 rings (SSSR count). The molecule has 0 bridgehead atoms. The lowest BCUT2D eigenvalue weighted by molar-refractivity contribution is -0.440. The lowest BCUT2D eigenvalue weighted by Gasteiger charge is -2.39. The van der Waals surface area contributed by atoms with Gasteiger partial charge < -0.3 is 0 Å². The largest absolute Gasteiger partial charge is 0.460 e. The van der Waals surface area contributed by atoms with Crippen LogP contribution in [-0.2, 0) is 4.79 Å². The third-order valence-electron chi connectivity index (χ3n) is 3.34. The van der Waals surface area contributed by atoms with Crippen molar-refractivity contribution in [2.45, 2.75) is 61.5 Å². The molecule has 0 N–H and O–H groups in total. The third kappa shape index (κ3) is 4.33. The molecule has 0 aliphatic heterocycles. The molecule has 0 unspecified atom stereocenters. The van der Waals surface area contributed by atoms with Crippen LogP contribution in [0.25, 0.3) is 0 Å². The summed E-state index contributed by atoms with van der Waals surface area (Å²) in [7, 11) is 0. The van der Waals surface area contributed by atoms with Crippen LogP contribution in [0.15, 0.2) is 12.7 Å². The first-order chi connectivity index (χ1) is 11.7. The van der Waals surface area contributed by atoms with Crippen LogP contribution in [0.5, 0.6) is 0 Å². The third-order valence-corrected chi connectivity index (χ3v) is 3.34. The van der Waals surface area contributed by atoms with E-state index in [1.54, 1.807) is 0 Å². The fourth-order valence-electron chi connectivity index (χ4n) is 1.64. The number of hydrogen-bond donors (Lipinski definition) is 0. The van der Waals surface area contributed by atoms with Gasteiger partial charge in [-0.25, -0.2) is 0 Å². The Bertz CT molecular complexity index is 547. The minimum atomic E-state index is -7.92. The van der Waals surface area contributed by atoms with E-state index >= 15 is 0 Å². The maximum absolute atomic E-state index is 13.3. The zero-order chi connectivity index (χ0) is 22.1. The maximum Gasteiger partial charge on any atom is 0.460 e. The van der Waals surface area contributed by atoms with Crippen LogP contribution in [0.1, 0.15) is 25.7 Å². The van der Waals surface area contributed by atoms with Gasteiger partial charge in [0.15, 0.2) is 0 Å². The van der Waals surface area contributed by atoms with Gasteiger partial charge >= 0.3 is 35.8 Å². The number of Topliss-reactive ketones (excluding diaryl/α,β-unsaturated/α-hetero) is 1. The SMILES string of the molecule is C=CCCC(=O)CCC(F)(F)C(F)(F)C(F)(F)C(F)(F)C(F)(F)C(F)(F)F. The molecule has 0 saturated heterocycles. The van der Waals surface area contributed by atoms with Gasteiger partial charge in [0.25, 0.3) is 0 Å². The van der Waals surface area contributed by atoms with Gasteiger partial charge in [0, 0.05) is 19.3 Å². The highest BCUT2D eigenvalue weighted by Gasteiger charge is 2.90. The first-order valence-electron chi connectivity index (χ1n) is 6.79. The van der Waals surface area contributed by atoms with Gasteiger partial charge in [0.2, 0.25) is 0 Å². The van der Waals surface area contributed by atoms with Gasteiger partial charge in [0.1, 0.15) is 5.78 Å². The smallest absolute Gasteiger partial charge is 0.300 e. The van der Waals surface area contributed by atoms with Crippen LogP contribution in [0.3, 0.4) is 0 Å². The minimum absolute atomic E-state index is 0.132. The predicted molar refractivity (Wildman–Crippen MR) is 64.5 cm³/mol. The van der Waals surface area contributed by atoms with E-state index in [2.05, 4.69) is 6.58 Å². The summed E-state index contributed by atoms with van der Waals surface area (Å²) in [6.45, 7) is 3.12. The molecule has 0 aromatic rings. The van der Waals surface area contributed by atoms with E-state index in [0.717, 1.165) is 6.08 Å². The number of allylic oxidation sites excluding steroid dienone is 1. The highest BCUT2D eigenvalue weighted by atomic mass is 19.4. The summed E-state index contributed by atoms with van der Waals surface area (Å²) < 4.78 is 166. The summed E-state index contributed by atoms with van der Waals surface area (Å²) in [4.78, 5) is 11.1. The van der Waals surface area contributed by atoms with Crippen molar-refractivity contribution in [3.63, 3.8) is 0 Å². The summed E-state index contributed by atoms with van der Waals surface area (Å²) in [6, 6.07) is 0. The molecular weight excluding hydrogens is 419 g/mol. The average molecular weight is 430 g/mol. The van der Waals surface area contributed by atoms with Crippen LogP contribution in [0, 0.1) is 0 Å². The molecule has 0 radical (unpaired) electrons. The number of alkyl halides is 13. The van der Waals surface area contributed by atoms with E-state index in [1.165, 1.54) is 0 Å². The number of carbonyl (C=O) groups is 1. The second kappa shape index (κ2) is 7.49. The Morgan fingerprint density at radius 2 is 1.07 bits per heavy atom. The van der Waals surface area contributed by atoms with Gasteiger partial charge in [-0.05, 0) is 6.42 Å². The zero-order valence-electron chi connectivity index (χ0n) is 12.9. The molecule has 0 aliphatic carbocycles. The first kappa shape index (κ1) is 25.5. The molecule has 14 heteroatoms. The summed E-state index contributed by atoms with van der Waals surface area (Å²) in [5.41, 5.74) is 0. The Hall–Kier alpha value is -1.50. The van der Waals surface area contributed by atoms with Crippen molar-refractivity contribution in [1.29, 1.82) is 0 Å². The van der Waals surface area contributed by atoms with Crippen molar-refractivity contribution < 1.29 is 61.9 Å². The molecular formula is C13H11F13O. The van der Waals surface area contributed by atoms with E-state index in [0.29, 0.717) is 0 Å². The van der Waals surface area contributed by atoms with Crippen LogP contribution in [0.2, 0.25) is 0 Å². The summed E-state index contributed by atoms with van der Waals surface area (Å²) in [6.07, 6.45) is -11.1. The lowest BCUT2D eigenvalue weighted by atomic mass is 9.91. The molecule has 0 aromatic heterocycles. The van der Waals surface area contributed by atoms with E-state index in [9.17, 15) is 61.9 Å². The Balaban J connectivity index is 5.80. The van der Waals surface area contributed by atoms with Gasteiger partial charge in [0.05, 0.1) is 0 Å². The predicted octanol–water partition coefficient (Wildman–Crippen LogP) is 6.04. The van der Waals surface area contributed by atoms with Crippen molar-refractivity contribution in [1.82, 2.24) is 0 Å². The normalized spacial score (nSPS) is 15.0. The molecule has 0 saturated carbocycles. The molecule has 27 heavy (non-hydrogen) atoms. The Kier molecular flexibility index (Phi) is 7.07. The van der Waals surface area contributed by atoms with Crippen LogP contribution >= 0.6 is 0 Å². The van der Waals surface area contributed by atoms with Crippen LogP contribution < -0.4 is 0 Å². The number of halogens is 13. The standard InChI is InChI=1S/C13H11F13O/c1-2-3-4-7(27)5-6-8(14,15)9(16,17)10(18,19)11(20,21)12(22,23)13(24,25)26/h2H,1,3-6H2. The number of carbonyl (C=O) groups excluding carboxylic acids is 1. The molecule has 160 valence electrons. The van der Waals surface area contributed by atoms with E-state index in [4.69, 9.17) is 0 Å². The number of hydrogen-bond acceptors (Lipinski definition) is 1. The Morgan fingerprint density at radius 3 is 1.44 bits per heavy atom. The monoisotopic (exact) mass is 430 g/mol. The van der Waals surface area contributed by atoms with Gasteiger partial charge in [-0.3, -0.25) is 4.79 Å². The number of ketones is 1. The van der Waals surface area contributed by atoms with Crippen LogP contribution in [0.4, 0.5) is 57.1 Å². The van der Waals surface area contributed by atoms with Crippen molar-refractivity contribution in [3.8, 4) is 0 Å². The molecule has 0 heterocycles. The molecule has 0 spiro atoms. The Labute approximate surface area is 143 Å². The van der Waals surface area contributed by atoms with E-state index in [1.807, 2.05) is 0 Å². The molecule has 1 nitrogen and oxygen atoms in total. The van der Waals surface area contributed by atoms with Gasteiger partial charge in [-0.15, -0.1) is 6.58 Å². The topological polar surface area (TPSA) is 17.1 Å². The maximum atomic E-state index is 13.3. The fourth-order valence-corrected chi connectivity index (χ4v) is 1.64. The molecule has 0 aliphatic rings. The first-order valence-corrected chi connectivity index (χ1v) is 6.79. The van der Waals surface area contributed by atoms with Gasteiger partial charge in [-0.2, -0.15) is 57.1 Å². The average Bonchev–Trinajstić information content (AvgIpc) is 2.49. The second-order valence-electron chi connectivity index (χ2n) is 5.37. The zero-order valence-corrected chi connectivity index (χ0v) is 12.9. The summed E-state index contributed by atoms with van der Waals surface area (Å²) >= 11 is 0. The minimum Gasteiger partial charge on any atom is -0.300 e. The Morgan fingerprint density at radius 1 is 0.667 bits per heavy atom. The van der Waals surface area contributed by atoms with Crippen LogP contribution in [-0.4, -0.2) is 41.6 Å². The lowest BCUT2D eigenvalue weighted by Crippen LogP contribution is -2.70. The van der Waals surface area contributed by atoms with E-state index in [-0.39, 0.29) is 6.42 Å². The molecule has 0 fully saturated rings. The molecule has 0 amide bonds. The van der Waals surface area contributed by atoms with Crippen molar-refractivity contribution in [3.05, 3.63) is 12.7 Å². The molecule has 0 atom stereocenters. The van der Waals surface area contributed by atoms with Crippen molar-refractivity contribution >= 4 is 5.78 Å². The summed E-state index contributed by atoms with van der Waals surface area (Å²) in [5, 5.41) is 0.